The summed E-state index contributed by atoms with van der Waals surface area (Å²) in [6.45, 7) is 3.35. The third-order valence-electron chi connectivity index (χ3n) is 2.85. The van der Waals surface area contributed by atoms with E-state index in [2.05, 4.69) is 9.46 Å². The van der Waals surface area contributed by atoms with Gasteiger partial charge in [-0.3, -0.25) is 0 Å². The van der Waals surface area contributed by atoms with Crippen LogP contribution < -0.4 is 4.72 Å². The molecule has 0 aliphatic carbocycles. The number of rotatable bonds is 7. The minimum atomic E-state index is -3.82. The fourth-order valence-corrected chi connectivity index (χ4v) is 4.84. The van der Waals surface area contributed by atoms with Crippen LogP contribution in [0, 0.1) is 6.92 Å². The molecule has 114 valence electrons. The monoisotopic (exact) mass is 321 g/mol. The van der Waals surface area contributed by atoms with Crippen LogP contribution in [-0.4, -0.2) is 39.3 Å². The Kier molecular flexibility index (Phi) is 6.12. The molecule has 0 amide bonds. The second-order valence-electron chi connectivity index (χ2n) is 4.31. The summed E-state index contributed by atoms with van der Waals surface area (Å²) in [5.74, 6) is -0.668. The maximum atomic E-state index is 12.4. The van der Waals surface area contributed by atoms with E-state index >= 15 is 0 Å². The molecule has 1 atom stereocenters. The van der Waals surface area contributed by atoms with E-state index in [9.17, 15) is 13.2 Å². The molecule has 0 aliphatic heterocycles. The van der Waals surface area contributed by atoms with Gasteiger partial charge in [0.25, 0.3) is 0 Å². The number of carbonyl (C=O) groups is 1. The molecular formula is C12H19NO5S2. The highest BCUT2D eigenvalue weighted by Gasteiger charge is 2.29. The maximum Gasteiger partial charge on any atom is 0.349 e. The summed E-state index contributed by atoms with van der Waals surface area (Å²) in [6.07, 6.45) is 0.878. The fraction of sp³-hybridized carbons (Fsp3) is 0.583. The molecule has 0 spiro atoms. The normalized spacial score (nSPS) is 13.2. The lowest BCUT2D eigenvalue weighted by molar-refractivity contribution is 0.0602. The van der Waals surface area contributed by atoms with Crippen LogP contribution in [0.15, 0.2) is 10.3 Å². The molecule has 0 fully saturated rings. The van der Waals surface area contributed by atoms with Gasteiger partial charge in [0, 0.05) is 12.6 Å². The van der Waals surface area contributed by atoms with Crippen LogP contribution >= 0.6 is 11.3 Å². The van der Waals surface area contributed by atoms with E-state index in [-0.39, 0.29) is 22.4 Å². The fourth-order valence-electron chi connectivity index (χ4n) is 1.78. The summed E-state index contributed by atoms with van der Waals surface area (Å²) in [5.41, 5.74) is 0.502. The number of carbonyl (C=O) groups excluding carboxylic acids is 1. The van der Waals surface area contributed by atoms with Gasteiger partial charge in [-0.25, -0.2) is 17.9 Å². The number of methoxy groups -OCH3 is 1. The van der Waals surface area contributed by atoms with E-state index in [0.29, 0.717) is 18.4 Å². The molecule has 0 radical (unpaired) electrons. The van der Waals surface area contributed by atoms with Gasteiger partial charge in [0.1, 0.15) is 9.77 Å². The van der Waals surface area contributed by atoms with Crippen molar-refractivity contribution in [2.24, 2.45) is 0 Å². The third kappa shape index (κ3) is 3.78. The van der Waals surface area contributed by atoms with Crippen LogP contribution in [0.4, 0.5) is 0 Å². The number of hydrogen-bond donors (Lipinski definition) is 2. The molecule has 20 heavy (non-hydrogen) atoms. The summed E-state index contributed by atoms with van der Waals surface area (Å²) < 4.78 is 31.9. The second kappa shape index (κ2) is 7.16. The van der Waals surface area contributed by atoms with Crippen LogP contribution in [0.2, 0.25) is 0 Å². The summed E-state index contributed by atoms with van der Waals surface area (Å²) >= 11 is 1.04. The summed E-state index contributed by atoms with van der Waals surface area (Å²) in [7, 11) is -2.61. The van der Waals surface area contributed by atoms with Gasteiger partial charge < -0.3 is 9.84 Å². The standard InChI is InChI=1S/C12H19NO5S2/c1-4-9(5-6-14)13-20(16,17)11-8(2)7-19-10(11)12(15)18-3/h7,9,13-14H,4-6H2,1-3H3. The lowest BCUT2D eigenvalue weighted by atomic mass is 10.2. The number of ether oxygens (including phenoxy) is 1. The molecule has 8 heteroatoms. The molecule has 0 aliphatic rings. The quantitative estimate of drug-likeness (QED) is 0.738. The average Bonchev–Trinajstić information content (AvgIpc) is 2.79. The Morgan fingerprint density at radius 1 is 1.55 bits per heavy atom. The van der Waals surface area contributed by atoms with Crippen LogP contribution in [-0.2, 0) is 14.8 Å². The van der Waals surface area contributed by atoms with Crippen LogP contribution in [0.1, 0.15) is 35.0 Å². The van der Waals surface area contributed by atoms with Gasteiger partial charge in [-0.2, -0.15) is 0 Å². The Labute approximate surface area is 122 Å². The predicted molar refractivity (Wildman–Crippen MR) is 76.5 cm³/mol. The van der Waals surface area contributed by atoms with Gasteiger partial charge in [-0.05, 0) is 30.7 Å². The first kappa shape index (κ1) is 17.1. The number of esters is 1. The Balaban J connectivity index is 3.15. The molecule has 1 aromatic rings. The molecule has 0 bridgehead atoms. The van der Waals surface area contributed by atoms with E-state index in [1.165, 1.54) is 7.11 Å². The largest absolute Gasteiger partial charge is 0.465 e. The third-order valence-corrected chi connectivity index (χ3v) is 5.76. The van der Waals surface area contributed by atoms with Crippen molar-refractivity contribution < 1.29 is 23.1 Å². The van der Waals surface area contributed by atoms with Gasteiger partial charge >= 0.3 is 5.97 Å². The first-order valence-electron chi connectivity index (χ1n) is 6.17. The number of aliphatic hydroxyl groups is 1. The molecule has 1 rings (SSSR count). The average molecular weight is 321 g/mol. The topological polar surface area (TPSA) is 92.7 Å². The number of sulfonamides is 1. The number of aliphatic hydroxyl groups excluding tert-OH is 1. The van der Waals surface area contributed by atoms with Gasteiger partial charge in [0.15, 0.2) is 0 Å². The highest BCUT2D eigenvalue weighted by molar-refractivity contribution is 7.89. The van der Waals surface area contributed by atoms with E-state index in [0.717, 1.165) is 11.3 Å². The number of nitrogens with one attached hydrogen (secondary N) is 1. The Morgan fingerprint density at radius 2 is 2.20 bits per heavy atom. The molecule has 6 nitrogen and oxygen atoms in total. The summed E-state index contributed by atoms with van der Waals surface area (Å²) in [5, 5.41) is 10.5. The first-order chi connectivity index (χ1) is 9.37. The van der Waals surface area contributed by atoms with Crippen molar-refractivity contribution in [1.29, 1.82) is 0 Å². The molecule has 0 aromatic carbocycles. The van der Waals surface area contributed by atoms with Gasteiger partial charge in [0.05, 0.1) is 7.11 Å². The molecular weight excluding hydrogens is 302 g/mol. The predicted octanol–water partition coefficient (Wildman–Crippen LogP) is 1.28. The van der Waals surface area contributed by atoms with Crippen molar-refractivity contribution in [3.63, 3.8) is 0 Å². The van der Waals surface area contributed by atoms with Gasteiger partial charge in [-0.1, -0.05) is 6.92 Å². The van der Waals surface area contributed by atoms with Crippen LogP contribution in [0.25, 0.3) is 0 Å². The SMILES string of the molecule is CCC(CCO)NS(=O)(=O)c1c(C)csc1C(=O)OC. The molecule has 1 heterocycles. The number of aryl methyl sites for hydroxylation is 1. The Hall–Kier alpha value is -0.960. The Morgan fingerprint density at radius 3 is 2.70 bits per heavy atom. The first-order valence-corrected chi connectivity index (χ1v) is 8.53. The zero-order chi connectivity index (χ0) is 15.3. The van der Waals surface area contributed by atoms with E-state index in [4.69, 9.17) is 5.11 Å². The minimum Gasteiger partial charge on any atom is -0.465 e. The number of thiophene rings is 1. The zero-order valence-electron chi connectivity index (χ0n) is 11.7. The summed E-state index contributed by atoms with van der Waals surface area (Å²) in [6, 6.07) is -0.366. The molecule has 1 unspecified atom stereocenters. The van der Waals surface area contributed by atoms with E-state index < -0.39 is 16.0 Å². The minimum absolute atomic E-state index is 0.0364. The highest BCUT2D eigenvalue weighted by Crippen LogP contribution is 2.27. The number of hydrogen-bond acceptors (Lipinski definition) is 6. The smallest absolute Gasteiger partial charge is 0.349 e. The zero-order valence-corrected chi connectivity index (χ0v) is 13.3. The Bertz CT molecular complexity index is 564. The van der Waals surface area contributed by atoms with Gasteiger partial charge in [0.2, 0.25) is 10.0 Å². The van der Waals surface area contributed by atoms with Crippen molar-refractivity contribution >= 4 is 27.3 Å². The van der Waals surface area contributed by atoms with Crippen molar-refractivity contribution in [2.75, 3.05) is 13.7 Å². The van der Waals surface area contributed by atoms with E-state index in [1.807, 2.05) is 6.92 Å². The van der Waals surface area contributed by atoms with Gasteiger partial charge in [-0.15, -0.1) is 11.3 Å². The lowest BCUT2D eigenvalue weighted by Gasteiger charge is -2.16. The maximum absolute atomic E-state index is 12.4. The lowest BCUT2D eigenvalue weighted by Crippen LogP contribution is -2.35. The van der Waals surface area contributed by atoms with Crippen molar-refractivity contribution in [3.05, 3.63) is 15.8 Å². The van der Waals surface area contributed by atoms with Crippen LogP contribution in [0.5, 0.6) is 0 Å². The van der Waals surface area contributed by atoms with Crippen molar-refractivity contribution in [3.8, 4) is 0 Å². The van der Waals surface area contributed by atoms with Crippen molar-refractivity contribution in [1.82, 2.24) is 4.72 Å². The molecule has 0 saturated carbocycles. The highest BCUT2D eigenvalue weighted by atomic mass is 32.2. The van der Waals surface area contributed by atoms with Crippen LogP contribution in [0.3, 0.4) is 0 Å². The van der Waals surface area contributed by atoms with Crippen molar-refractivity contribution in [2.45, 2.75) is 37.6 Å². The summed E-state index contributed by atoms with van der Waals surface area (Å²) in [4.78, 5) is 11.7. The molecule has 2 N–H and O–H groups in total. The molecule has 1 aromatic heterocycles. The second-order valence-corrected chi connectivity index (χ2v) is 6.84. The van der Waals surface area contributed by atoms with E-state index in [1.54, 1.807) is 12.3 Å². The molecule has 0 saturated heterocycles.